The number of hydrogen-bond acceptors (Lipinski definition) is 4. The number of nitrogens with one attached hydrogen (secondary N) is 1. The van der Waals surface area contributed by atoms with Crippen molar-refractivity contribution in [2.75, 3.05) is 24.4 Å². The van der Waals surface area contributed by atoms with E-state index < -0.39 is 28.5 Å². The van der Waals surface area contributed by atoms with E-state index in [-0.39, 0.29) is 33.1 Å². The summed E-state index contributed by atoms with van der Waals surface area (Å²) in [6, 6.07) is 21.0. The van der Waals surface area contributed by atoms with Crippen molar-refractivity contribution in [2.24, 2.45) is 0 Å². The van der Waals surface area contributed by atoms with Gasteiger partial charge >= 0.3 is 0 Å². The van der Waals surface area contributed by atoms with E-state index in [1.54, 1.807) is 25.1 Å². The number of benzene rings is 3. The van der Waals surface area contributed by atoms with E-state index in [1.807, 2.05) is 30.3 Å². The third kappa shape index (κ3) is 7.03. The lowest BCUT2D eigenvalue weighted by Gasteiger charge is -2.33. The van der Waals surface area contributed by atoms with E-state index in [0.717, 1.165) is 9.87 Å². The van der Waals surface area contributed by atoms with Crippen LogP contribution in [-0.2, 0) is 26.0 Å². The Kier molecular flexibility index (Phi) is 9.97. The molecular weight excluding hydrogens is 533 g/mol. The molecule has 0 aliphatic rings. The first kappa shape index (κ1) is 28.5. The number of sulfonamides is 1. The van der Waals surface area contributed by atoms with E-state index in [9.17, 15) is 18.0 Å². The molecule has 7 nitrogen and oxygen atoms in total. The van der Waals surface area contributed by atoms with Gasteiger partial charge in [0, 0.05) is 18.6 Å². The second kappa shape index (κ2) is 12.9. The lowest BCUT2D eigenvalue weighted by Crippen LogP contribution is -2.52. The molecule has 1 atom stereocenters. The average Bonchev–Trinajstić information content (AvgIpc) is 2.91. The molecule has 0 saturated heterocycles. The van der Waals surface area contributed by atoms with E-state index in [2.05, 4.69) is 5.32 Å². The summed E-state index contributed by atoms with van der Waals surface area (Å²) in [6.45, 7) is 1.45. The summed E-state index contributed by atoms with van der Waals surface area (Å²) in [6.07, 6.45) is 0.840. The van der Waals surface area contributed by atoms with Gasteiger partial charge in [0.05, 0.1) is 15.6 Å². The van der Waals surface area contributed by atoms with Crippen molar-refractivity contribution in [1.82, 2.24) is 10.2 Å². The number of amides is 2. The molecule has 0 spiro atoms. The number of carbonyl (C=O) groups excluding carboxylic acids is 2. The second-order valence-corrected chi connectivity index (χ2v) is 11.0. The summed E-state index contributed by atoms with van der Waals surface area (Å²) >= 11 is 12.6. The fourth-order valence-corrected chi connectivity index (χ4v) is 5.85. The minimum absolute atomic E-state index is 0.00646. The number of likely N-dealkylation sites (N-methyl/N-ethyl adjacent to an activating group) is 1. The Morgan fingerprint density at radius 2 is 1.57 bits per heavy atom. The molecule has 0 aliphatic carbocycles. The third-order valence-corrected chi connectivity index (χ3v) is 8.23. The minimum atomic E-state index is -4.21. The van der Waals surface area contributed by atoms with Crippen LogP contribution in [0.15, 0.2) is 83.8 Å². The second-order valence-electron chi connectivity index (χ2n) is 8.28. The van der Waals surface area contributed by atoms with Gasteiger partial charge in [0.25, 0.3) is 10.0 Å². The van der Waals surface area contributed by atoms with Crippen molar-refractivity contribution in [1.29, 1.82) is 0 Å². The van der Waals surface area contributed by atoms with Gasteiger partial charge in [0.1, 0.15) is 12.6 Å². The van der Waals surface area contributed by atoms with Crippen LogP contribution >= 0.6 is 23.2 Å². The summed E-state index contributed by atoms with van der Waals surface area (Å²) in [4.78, 5) is 27.9. The predicted molar refractivity (Wildman–Crippen MR) is 147 cm³/mol. The average molecular weight is 563 g/mol. The molecule has 0 saturated carbocycles. The molecule has 0 aromatic heterocycles. The fourth-order valence-electron chi connectivity index (χ4n) is 3.97. The zero-order valence-electron chi connectivity index (χ0n) is 20.6. The molecule has 0 heterocycles. The zero-order chi connectivity index (χ0) is 27.0. The summed E-state index contributed by atoms with van der Waals surface area (Å²) in [5.74, 6) is -0.871. The lowest BCUT2D eigenvalue weighted by molar-refractivity contribution is -0.139. The molecule has 3 aromatic carbocycles. The highest BCUT2D eigenvalue weighted by Crippen LogP contribution is 2.33. The number of rotatable bonds is 11. The first-order valence-corrected chi connectivity index (χ1v) is 14.0. The van der Waals surface area contributed by atoms with Gasteiger partial charge in [-0.1, -0.05) is 78.7 Å². The van der Waals surface area contributed by atoms with Crippen LogP contribution in [0.25, 0.3) is 0 Å². The van der Waals surface area contributed by atoms with Gasteiger partial charge in [-0.3, -0.25) is 13.9 Å². The van der Waals surface area contributed by atoms with Crippen molar-refractivity contribution < 1.29 is 18.0 Å². The maximum atomic E-state index is 13.8. The third-order valence-electron chi connectivity index (χ3n) is 5.90. The molecule has 10 heteroatoms. The van der Waals surface area contributed by atoms with Crippen LogP contribution in [0.3, 0.4) is 0 Å². The lowest BCUT2D eigenvalue weighted by atomic mass is 10.1. The Labute approximate surface area is 228 Å². The summed E-state index contributed by atoms with van der Waals surface area (Å²) < 4.78 is 28.4. The number of anilines is 1. The smallest absolute Gasteiger partial charge is 0.264 e. The highest BCUT2D eigenvalue weighted by Gasteiger charge is 2.34. The van der Waals surface area contributed by atoms with Gasteiger partial charge in [-0.2, -0.15) is 0 Å². The van der Waals surface area contributed by atoms with Gasteiger partial charge in [-0.25, -0.2) is 8.42 Å². The van der Waals surface area contributed by atoms with Crippen LogP contribution in [0.2, 0.25) is 10.0 Å². The molecule has 196 valence electrons. The number of nitrogens with zero attached hydrogens (tertiary/aromatic N) is 2. The van der Waals surface area contributed by atoms with Gasteiger partial charge in [0.2, 0.25) is 11.8 Å². The Hall–Kier alpha value is -3.07. The molecule has 3 rings (SSSR count). The Morgan fingerprint density at radius 1 is 0.946 bits per heavy atom. The van der Waals surface area contributed by atoms with Crippen LogP contribution in [0.1, 0.15) is 18.9 Å². The standard InChI is InChI=1S/C27H29Cl2N3O4S/c1-3-24(27(34)30-2)31(17-16-20-10-6-4-7-11-20)26(33)19-32(25-18-21(28)14-15-23(25)29)37(35,36)22-12-8-5-9-13-22/h4-15,18,24H,3,16-17,19H2,1-2H3,(H,30,34)/t24-/m1/s1. The fraction of sp³-hybridized carbons (Fsp3) is 0.259. The van der Waals surface area contributed by atoms with Crippen LogP contribution < -0.4 is 9.62 Å². The monoisotopic (exact) mass is 561 g/mol. The Morgan fingerprint density at radius 3 is 2.16 bits per heavy atom. The van der Waals surface area contributed by atoms with Crippen LogP contribution in [0.5, 0.6) is 0 Å². The number of hydrogen-bond donors (Lipinski definition) is 1. The normalized spacial score (nSPS) is 12.0. The van der Waals surface area contributed by atoms with Crippen molar-refractivity contribution in [3.05, 3.63) is 94.5 Å². The molecule has 1 N–H and O–H groups in total. The van der Waals surface area contributed by atoms with E-state index in [1.165, 1.54) is 42.3 Å². The Balaban J connectivity index is 2.03. The molecule has 0 aliphatic heterocycles. The molecular formula is C27H29Cl2N3O4S. The molecule has 0 radical (unpaired) electrons. The highest BCUT2D eigenvalue weighted by atomic mass is 35.5. The van der Waals surface area contributed by atoms with Crippen LogP contribution in [0, 0.1) is 0 Å². The summed E-state index contributed by atoms with van der Waals surface area (Å²) in [7, 11) is -2.70. The van der Waals surface area contributed by atoms with Crippen molar-refractivity contribution in [3.63, 3.8) is 0 Å². The molecule has 0 bridgehead atoms. The predicted octanol–water partition coefficient (Wildman–Crippen LogP) is 4.78. The van der Waals surface area contributed by atoms with Crippen molar-refractivity contribution in [3.8, 4) is 0 Å². The SMILES string of the molecule is CC[C@H](C(=O)NC)N(CCc1ccccc1)C(=O)CN(c1cc(Cl)ccc1Cl)S(=O)(=O)c1ccccc1. The first-order valence-electron chi connectivity index (χ1n) is 11.8. The largest absolute Gasteiger partial charge is 0.357 e. The van der Waals surface area contributed by atoms with Gasteiger partial charge in [0.15, 0.2) is 0 Å². The van der Waals surface area contributed by atoms with Gasteiger partial charge < -0.3 is 10.2 Å². The molecule has 3 aromatic rings. The Bertz CT molecular complexity index is 1320. The molecule has 0 unspecified atom stereocenters. The maximum Gasteiger partial charge on any atom is 0.264 e. The van der Waals surface area contributed by atoms with E-state index >= 15 is 0 Å². The first-order chi connectivity index (χ1) is 17.7. The van der Waals surface area contributed by atoms with Crippen molar-refractivity contribution >= 4 is 50.7 Å². The zero-order valence-corrected chi connectivity index (χ0v) is 22.9. The topological polar surface area (TPSA) is 86.8 Å². The highest BCUT2D eigenvalue weighted by molar-refractivity contribution is 7.92. The maximum absolute atomic E-state index is 13.8. The van der Waals surface area contributed by atoms with Gasteiger partial charge in [-0.15, -0.1) is 0 Å². The molecule has 0 fully saturated rings. The molecule has 2 amide bonds. The van der Waals surface area contributed by atoms with E-state index in [4.69, 9.17) is 23.2 Å². The molecule has 37 heavy (non-hydrogen) atoms. The van der Waals surface area contributed by atoms with E-state index in [0.29, 0.717) is 12.8 Å². The minimum Gasteiger partial charge on any atom is -0.357 e. The summed E-state index contributed by atoms with van der Waals surface area (Å²) in [5, 5.41) is 2.98. The van der Waals surface area contributed by atoms with Gasteiger partial charge in [-0.05, 0) is 48.7 Å². The number of halogens is 2. The summed E-state index contributed by atoms with van der Waals surface area (Å²) in [5.41, 5.74) is 1.06. The van der Waals surface area contributed by atoms with Crippen LogP contribution in [0.4, 0.5) is 5.69 Å². The quantitative estimate of drug-likeness (QED) is 0.364. The number of carbonyl (C=O) groups is 2. The van der Waals surface area contributed by atoms with Crippen LogP contribution in [-0.4, -0.2) is 51.3 Å². The van der Waals surface area contributed by atoms with Crippen molar-refractivity contribution in [2.45, 2.75) is 30.7 Å².